The number of ether oxygens (including phenoxy) is 2. The molecule has 3 rings (SSSR count). The van der Waals surface area contributed by atoms with E-state index in [1.807, 2.05) is 27.7 Å². The fourth-order valence-electron chi connectivity index (χ4n) is 3.11. The fourth-order valence-corrected chi connectivity index (χ4v) is 3.11. The Bertz CT molecular complexity index is 875. The van der Waals surface area contributed by atoms with Gasteiger partial charge in [-0.3, -0.25) is 9.59 Å². The van der Waals surface area contributed by atoms with E-state index >= 15 is 0 Å². The summed E-state index contributed by atoms with van der Waals surface area (Å²) in [5, 5.41) is 2.89. The predicted octanol–water partition coefficient (Wildman–Crippen LogP) is 4.11. The van der Waals surface area contributed by atoms with Crippen molar-refractivity contribution in [2.75, 3.05) is 30.0 Å². The van der Waals surface area contributed by atoms with Gasteiger partial charge in [-0.2, -0.15) is 0 Å². The van der Waals surface area contributed by atoms with Crippen molar-refractivity contribution in [1.29, 1.82) is 0 Å². The molecule has 0 fully saturated rings. The third kappa shape index (κ3) is 3.96. The molecule has 1 aliphatic rings. The van der Waals surface area contributed by atoms with Gasteiger partial charge in [-0.05, 0) is 70.2 Å². The Morgan fingerprint density at radius 3 is 2.54 bits per heavy atom. The lowest BCUT2D eigenvalue weighted by molar-refractivity contribution is -0.127. The van der Waals surface area contributed by atoms with Crippen molar-refractivity contribution in [2.24, 2.45) is 5.41 Å². The quantitative estimate of drug-likeness (QED) is 0.845. The van der Waals surface area contributed by atoms with E-state index in [9.17, 15) is 9.59 Å². The summed E-state index contributed by atoms with van der Waals surface area (Å²) in [5.41, 5.74) is 1.19. The van der Waals surface area contributed by atoms with E-state index in [-0.39, 0.29) is 11.8 Å². The van der Waals surface area contributed by atoms with Crippen LogP contribution in [-0.2, 0) is 4.79 Å². The number of amides is 2. The van der Waals surface area contributed by atoms with E-state index in [1.54, 1.807) is 47.4 Å². The van der Waals surface area contributed by atoms with Crippen molar-refractivity contribution in [3.8, 4) is 11.5 Å². The van der Waals surface area contributed by atoms with Crippen LogP contribution in [0.15, 0.2) is 42.5 Å². The first-order valence-electron chi connectivity index (χ1n) is 9.48. The molecule has 0 spiro atoms. The lowest BCUT2D eigenvalue weighted by Crippen LogP contribution is -2.42. The van der Waals surface area contributed by atoms with E-state index in [0.717, 1.165) is 5.75 Å². The van der Waals surface area contributed by atoms with E-state index in [4.69, 9.17) is 9.47 Å². The van der Waals surface area contributed by atoms with Crippen molar-refractivity contribution < 1.29 is 19.1 Å². The van der Waals surface area contributed by atoms with Gasteiger partial charge < -0.3 is 19.7 Å². The molecule has 0 atom stereocenters. The highest BCUT2D eigenvalue weighted by Crippen LogP contribution is 2.38. The van der Waals surface area contributed by atoms with E-state index in [0.29, 0.717) is 42.4 Å². The molecule has 0 radical (unpaired) electrons. The Morgan fingerprint density at radius 1 is 1.18 bits per heavy atom. The zero-order valence-electron chi connectivity index (χ0n) is 16.7. The van der Waals surface area contributed by atoms with Gasteiger partial charge in [0.05, 0.1) is 17.7 Å². The van der Waals surface area contributed by atoms with Crippen molar-refractivity contribution >= 4 is 23.2 Å². The molecular weight excluding hydrogens is 356 g/mol. The summed E-state index contributed by atoms with van der Waals surface area (Å²) in [5.74, 6) is 1.14. The summed E-state index contributed by atoms with van der Waals surface area (Å²) >= 11 is 0. The van der Waals surface area contributed by atoms with Gasteiger partial charge in [-0.15, -0.1) is 0 Å². The van der Waals surface area contributed by atoms with Crippen molar-refractivity contribution in [2.45, 2.75) is 27.7 Å². The number of nitrogens with one attached hydrogen (secondary N) is 1. The number of carbonyl (C=O) groups excluding carboxylic acids is 2. The van der Waals surface area contributed by atoms with Gasteiger partial charge >= 0.3 is 0 Å². The third-order valence-corrected chi connectivity index (χ3v) is 4.66. The van der Waals surface area contributed by atoms with Crippen molar-refractivity contribution in [3.63, 3.8) is 0 Å². The molecule has 2 aromatic rings. The monoisotopic (exact) mass is 382 g/mol. The molecule has 2 amide bonds. The number of carbonyl (C=O) groups is 2. The second kappa shape index (κ2) is 7.92. The largest absolute Gasteiger partial charge is 0.494 e. The molecule has 0 aromatic heterocycles. The van der Waals surface area contributed by atoms with Crippen LogP contribution >= 0.6 is 0 Å². The van der Waals surface area contributed by atoms with Crippen molar-refractivity contribution in [1.82, 2.24) is 0 Å². The number of rotatable bonds is 5. The Morgan fingerprint density at radius 2 is 1.89 bits per heavy atom. The van der Waals surface area contributed by atoms with Crippen LogP contribution in [0.3, 0.4) is 0 Å². The highest BCUT2D eigenvalue weighted by Gasteiger charge is 2.37. The highest BCUT2D eigenvalue weighted by molar-refractivity contribution is 6.05. The number of fused-ring (bicyclic) bond motifs is 1. The molecule has 6 nitrogen and oxygen atoms in total. The molecule has 1 aliphatic heterocycles. The smallest absolute Gasteiger partial charge is 0.255 e. The number of nitrogens with zero attached hydrogens (tertiary/aromatic N) is 1. The molecule has 6 heteroatoms. The van der Waals surface area contributed by atoms with Gasteiger partial charge in [0.1, 0.15) is 18.1 Å². The minimum Gasteiger partial charge on any atom is -0.494 e. The maximum atomic E-state index is 12.8. The van der Waals surface area contributed by atoms with Gasteiger partial charge in [0.25, 0.3) is 5.91 Å². The zero-order valence-corrected chi connectivity index (χ0v) is 16.7. The number of hydrogen-bond acceptors (Lipinski definition) is 4. The van der Waals surface area contributed by atoms with Crippen LogP contribution in [0.1, 0.15) is 38.1 Å². The van der Waals surface area contributed by atoms with Gasteiger partial charge in [0, 0.05) is 17.8 Å². The van der Waals surface area contributed by atoms with Crippen LogP contribution in [0.25, 0.3) is 0 Å². The summed E-state index contributed by atoms with van der Waals surface area (Å²) in [6.07, 6.45) is 0. The third-order valence-electron chi connectivity index (χ3n) is 4.66. The standard InChI is InChI=1S/C22H26N2O4/c1-5-24-18-13-16(9-12-19(18)28-14-22(3,4)21(24)26)23-20(25)15-7-10-17(11-8-15)27-6-2/h7-13H,5-6,14H2,1-4H3,(H,23,25). The lowest BCUT2D eigenvalue weighted by atomic mass is 9.93. The number of anilines is 2. The molecule has 1 N–H and O–H groups in total. The normalized spacial score (nSPS) is 15.3. The molecule has 1 heterocycles. The second-order valence-electron chi connectivity index (χ2n) is 7.32. The second-order valence-corrected chi connectivity index (χ2v) is 7.32. The molecule has 0 aliphatic carbocycles. The topological polar surface area (TPSA) is 67.9 Å². The Hall–Kier alpha value is -3.02. The van der Waals surface area contributed by atoms with E-state index < -0.39 is 5.41 Å². The average molecular weight is 382 g/mol. The summed E-state index contributed by atoms with van der Waals surface area (Å²) in [6, 6.07) is 12.3. The van der Waals surface area contributed by atoms with Crippen LogP contribution in [-0.4, -0.2) is 31.6 Å². The molecule has 0 unspecified atom stereocenters. The van der Waals surface area contributed by atoms with Crippen LogP contribution < -0.4 is 19.7 Å². The minimum absolute atomic E-state index is 0.00346. The average Bonchev–Trinajstić information content (AvgIpc) is 2.77. The first kappa shape index (κ1) is 19.7. The Balaban J connectivity index is 1.83. The SMILES string of the molecule is CCOc1ccc(C(=O)Nc2ccc3c(c2)N(CC)C(=O)C(C)(C)CO3)cc1. The van der Waals surface area contributed by atoms with Gasteiger partial charge in [0.15, 0.2) is 0 Å². The Labute approximate surface area is 165 Å². The Kier molecular flexibility index (Phi) is 5.58. The van der Waals surface area contributed by atoms with Crippen LogP contribution in [0.5, 0.6) is 11.5 Å². The first-order valence-corrected chi connectivity index (χ1v) is 9.48. The van der Waals surface area contributed by atoms with Crippen molar-refractivity contribution in [3.05, 3.63) is 48.0 Å². The van der Waals surface area contributed by atoms with Gasteiger partial charge in [-0.25, -0.2) is 0 Å². The van der Waals surface area contributed by atoms with Crippen LogP contribution in [0.4, 0.5) is 11.4 Å². The molecule has 28 heavy (non-hydrogen) atoms. The van der Waals surface area contributed by atoms with Gasteiger partial charge in [-0.1, -0.05) is 0 Å². The summed E-state index contributed by atoms with van der Waals surface area (Å²) in [4.78, 5) is 27.1. The molecule has 0 saturated heterocycles. The molecule has 148 valence electrons. The fraction of sp³-hybridized carbons (Fsp3) is 0.364. The zero-order chi connectivity index (χ0) is 20.3. The van der Waals surface area contributed by atoms with E-state index in [1.165, 1.54) is 0 Å². The predicted molar refractivity (Wildman–Crippen MR) is 109 cm³/mol. The van der Waals surface area contributed by atoms with Crippen LogP contribution in [0.2, 0.25) is 0 Å². The maximum Gasteiger partial charge on any atom is 0.255 e. The number of benzene rings is 2. The maximum absolute atomic E-state index is 12.8. The minimum atomic E-state index is -0.610. The molecular formula is C22H26N2O4. The van der Waals surface area contributed by atoms with E-state index in [2.05, 4.69) is 5.32 Å². The first-order chi connectivity index (χ1) is 13.4. The summed E-state index contributed by atoms with van der Waals surface area (Å²) in [7, 11) is 0. The highest BCUT2D eigenvalue weighted by atomic mass is 16.5. The summed E-state index contributed by atoms with van der Waals surface area (Å²) in [6.45, 7) is 8.99. The van der Waals surface area contributed by atoms with Gasteiger partial charge in [0.2, 0.25) is 5.91 Å². The van der Waals surface area contributed by atoms with Crippen LogP contribution in [0, 0.1) is 5.41 Å². The molecule has 0 saturated carbocycles. The molecule has 2 aromatic carbocycles. The summed E-state index contributed by atoms with van der Waals surface area (Å²) < 4.78 is 11.3. The lowest BCUT2D eigenvalue weighted by Gasteiger charge is -2.27. The number of hydrogen-bond donors (Lipinski definition) is 1. The molecule has 0 bridgehead atoms.